The molecule has 29 heavy (non-hydrogen) atoms. The molecule has 0 aliphatic carbocycles. The average Bonchev–Trinajstić information content (AvgIpc) is 2.74. The molecule has 0 aliphatic rings. The van der Waals surface area contributed by atoms with Crippen LogP contribution in [0.4, 0.5) is 5.69 Å². The second kappa shape index (κ2) is 8.88. The number of aryl methyl sites for hydroxylation is 1. The van der Waals surface area contributed by atoms with E-state index in [2.05, 4.69) is 17.4 Å². The van der Waals surface area contributed by atoms with E-state index in [0.29, 0.717) is 6.42 Å². The first-order valence-corrected chi connectivity index (χ1v) is 10.4. The zero-order chi connectivity index (χ0) is 20.1. The molecule has 4 nitrogen and oxygen atoms in total. The topological polar surface area (TPSA) is 54.9 Å². The number of carbonyl (C=O) groups is 1. The van der Waals surface area contributed by atoms with Crippen molar-refractivity contribution in [2.45, 2.75) is 18.4 Å². The molecule has 5 heteroatoms. The second-order valence-corrected chi connectivity index (χ2v) is 7.79. The molecule has 1 N–H and O–H groups in total. The molecule has 4 aromatic rings. The highest BCUT2D eigenvalue weighted by Gasteiger charge is 2.13. The number of rotatable bonds is 6. The highest BCUT2D eigenvalue weighted by Crippen LogP contribution is 2.25. The van der Waals surface area contributed by atoms with Crippen LogP contribution in [0.25, 0.3) is 11.0 Å². The van der Waals surface area contributed by atoms with Gasteiger partial charge in [0.25, 0.3) is 0 Å². The fourth-order valence-corrected chi connectivity index (χ4v) is 3.80. The number of benzene rings is 3. The van der Waals surface area contributed by atoms with E-state index in [1.54, 1.807) is 0 Å². The molecule has 0 atom stereocenters. The highest BCUT2D eigenvalue weighted by atomic mass is 32.2. The fourth-order valence-electron chi connectivity index (χ4n) is 3.01. The lowest BCUT2D eigenvalue weighted by molar-refractivity contribution is -0.113. The fraction of sp³-hybridized carbons (Fsp3) is 0.125. The second-order valence-electron chi connectivity index (χ2n) is 6.83. The van der Waals surface area contributed by atoms with E-state index < -0.39 is 0 Å². The number of anilines is 1. The van der Waals surface area contributed by atoms with Crippen molar-refractivity contribution in [1.82, 2.24) is 9.97 Å². The molecular weight excluding hydrogens is 378 g/mol. The van der Waals surface area contributed by atoms with Crippen LogP contribution in [0.5, 0.6) is 0 Å². The molecule has 0 spiro atoms. The molecular formula is C24H21N3OS. The summed E-state index contributed by atoms with van der Waals surface area (Å²) in [6.45, 7) is 2.02. The number of hydrogen-bond acceptors (Lipinski definition) is 4. The van der Waals surface area contributed by atoms with E-state index in [1.807, 2.05) is 73.7 Å². The van der Waals surface area contributed by atoms with Gasteiger partial charge in [-0.25, -0.2) is 9.97 Å². The standard InChI is InChI=1S/C24H21N3OS/c1-17-11-13-19(14-12-17)25-23(28)16-29-24-22(15-18-7-3-2-4-8-18)26-20-9-5-6-10-21(20)27-24/h2-14H,15-16H2,1H3,(H,25,28). The molecule has 1 heterocycles. The summed E-state index contributed by atoms with van der Waals surface area (Å²) >= 11 is 1.43. The molecule has 3 aromatic carbocycles. The van der Waals surface area contributed by atoms with Crippen LogP contribution in [0.3, 0.4) is 0 Å². The minimum Gasteiger partial charge on any atom is -0.325 e. The van der Waals surface area contributed by atoms with Crippen LogP contribution in [-0.4, -0.2) is 21.6 Å². The molecule has 1 amide bonds. The number of amides is 1. The van der Waals surface area contributed by atoms with E-state index in [4.69, 9.17) is 9.97 Å². The lowest BCUT2D eigenvalue weighted by Gasteiger charge is -2.10. The molecule has 0 saturated carbocycles. The number of fused-ring (bicyclic) bond motifs is 1. The van der Waals surface area contributed by atoms with Crippen LogP contribution in [-0.2, 0) is 11.2 Å². The van der Waals surface area contributed by atoms with Gasteiger partial charge in [-0.15, -0.1) is 0 Å². The molecule has 0 fully saturated rings. The third kappa shape index (κ3) is 5.00. The van der Waals surface area contributed by atoms with Gasteiger partial charge in [0.1, 0.15) is 5.03 Å². The normalized spacial score (nSPS) is 10.8. The lowest BCUT2D eigenvalue weighted by atomic mass is 10.1. The Morgan fingerprint density at radius 2 is 1.52 bits per heavy atom. The van der Waals surface area contributed by atoms with Crippen LogP contribution in [0.1, 0.15) is 16.8 Å². The maximum Gasteiger partial charge on any atom is 0.234 e. The molecule has 1 aromatic heterocycles. The minimum atomic E-state index is -0.0560. The van der Waals surface area contributed by atoms with E-state index in [0.717, 1.165) is 33.0 Å². The number of carbonyl (C=O) groups excluding carboxylic acids is 1. The third-order valence-corrected chi connectivity index (χ3v) is 5.50. The van der Waals surface area contributed by atoms with Crippen LogP contribution < -0.4 is 5.32 Å². The third-order valence-electron chi connectivity index (χ3n) is 4.50. The number of para-hydroxylation sites is 2. The lowest BCUT2D eigenvalue weighted by Crippen LogP contribution is -2.14. The number of hydrogen-bond donors (Lipinski definition) is 1. The molecule has 4 rings (SSSR count). The van der Waals surface area contributed by atoms with Crippen LogP contribution in [0, 0.1) is 6.92 Å². The summed E-state index contributed by atoms with van der Waals surface area (Å²) in [5.74, 6) is 0.224. The van der Waals surface area contributed by atoms with Gasteiger partial charge in [-0.3, -0.25) is 4.79 Å². The smallest absolute Gasteiger partial charge is 0.234 e. The quantitative estimate of drug-likeness (QED) is 0.449. The molecule has 144 valence electrons. The van der Waals surface area contributed by atoms with Crippen LogP contribution >= 0.6 is 11.8 Å². The van der Waals surface area contributed by atoms with E-state index in [1.165, 1.54) is 17.3 Å². The first kappa shape index (κ1) is 19.2. The van der Waals surface area contributed by atoms with Gasteiger partial charge in [-0.05, 0) is 36.8 Å². The largest absolute Gasteiger partial charge is 0.325 e. The Morgan fingerprint density at radius 1 is 0.862 bits per heavy atom. The van der Waals surface area contributed by atoms with E-state index in [9.17, 15) is 4.79 Å². The predicted molar refractivity (Wildman–Crippen MR) is 119 cm³/mol. The summed E-state index contributed by atoms with van der Waals surface area (Å²) in [4.78, 5) is 22.0. The van der Waals surface area contributed by atoms with Crippen molar-refractivity contribution in [3.8, 4) is 0 Å². The highest BCUT2D eigenvalue weighted by molar-refractivity contribution is 8.00. The van der Waals surface area contributed by atoms with Crippen molar-refractivity contribution in [2.24, 2.45) is 0 Å². The Bertz CT molecular complexity index is 1130. The average molecular weight is 400 g/mol. The van der Waals surface area contributed by atoms with Gasteiger partial charge in [0.2, 0.25) is 5.91 Å². The van der Waals surface area contributed by atoms with Gasteiger partial charge in [0.15, 0.2) is 0 Å². The molecule has 0 radical (unpaired) electrons. The van der Waals surface area contributed by atoms with Gasteiger partial charge < -0.3 is 5.32 Å². The molecule has 0 bridgehead atoms. The van der Waals surface area contributed by atoms with Crippen molar-refractivity contribution < 1.29 is 4.79 Å². The minimum absolute atomic E-state index is 0.0560. The van der Waals surface area contributed by atoms with Crippen molar-refractivity contribution in [3.05, 3.63) is 95.7 Å². The SMILES string of the molecule is Cc1ccc(NC(=O)CSc2nc3ccccc3nc2Cc2ccccc2)cc1. The molecule has 0 saturated heterocycles. The predicted octanol–water partition coefficient (Wildman–Crippen LogP) is 5.26. The summed E-state index contributed by atoms with van der Waals surface area (Å²) < 4.78 is 0. The summed E-state index contributed by atoms with van der Waals surface area (Å²) in [5, 5.41) is 3.74. The number of nitrogens with one attached hydrogen (secondary N) is 1. The Labute approximate surface area is 174 Å². The maximum atomic E-state index is 12.4. The summed E-state index contributed by atoms with van der Waals surface area (Å²) in [6, 6.07) is 25.8. The van der Waals surface area contributed by atoms with Crippen molar-refractivity contribution in [3.63, 3.8) is 0 Å². The van der Waals surface area contributed by atoms with E-state index >= 15 is 0 Å². The summed E-state index contributed by atoms with van der Waals surface area (Å²) in [5.41, 5.74) is 5.73. The van der Waals surface area contributed by atoms with Crippen molar-refractivity contribution in [1.29, 1.82) is 0 Å². The number of aromatic nitrogens is 2. The zero-order valence-corrected chi connectivity index (χ0v) is 16.9. The van der Waals surface area contributed by atoms with Gasteiger partial charge in [-0.2, -0.15) is 0 Å². The van der Waals surface area contributed by atoms with Crippen molar-refractivity contribution in [2.75, 3.05) is 11.1 Å². The first-order valence-electron chi connectivity index (χ1n) is 9.46. The number of thioether (sulfide) groups is 1. The van der Waals surface area contributed by atoms with E-state index in [-0.39, 0.29) is 11.7 Å². The maximum absolute atomic E-state index is 12.4. The van der Waals surface area contributed by atoms with Crippen molar-refractivity contribution >= 4 is 34.4 Å². The van der Waals surface area contributed by atoms with Crippen LogP contribution in [0.15, 0.2) is 83.9 Å². The molecule has 0 aliphatic heterocycles. The Hall–Kier alpha value is -3.18. The zero-order valence-electron chi connectivity index (χ0n) is 16.1. The van der Waals surface area contributed by atoms with Gasteiger partial charge in [0.05, 0.1) is 22.5 Å². The molecule has 0 unspecified atom stereocenters. The van der Waals surface area contributed by atoms with Gasteiger partial charge in [-0.1, -0.05) is 71.9 Å². The Morgan fingerprint density at radius 3 is 2.24 bits per heavy atom. The van der Waals surface area contributed by atoms with Gasteiger partial charge >= 0.3 is 0 Å². The Kier molecular flexibility index (Phi) is 5.86. The number of nitrogens with zero attached hydrogens (tertiary/aromatic N) is 2. The van der Waals surface area contributed by atoms with Gasteiger partial charge in [0, 0.05) is 12.1 Å². The summed E-state index contributed by atoms with van der Waals surface area (Å²) in [6.07, 6.45) is 0.681. The Balaban J connectivity index is 1.53. The first-order chi connectivity index (χ1) is 14.2. The monoisotopic (exact) mass is 399 g/mol. The van der Waals surface area contributed by atoms with Crippen LogP contribution in [0.2, 0.25) is 0 Å². The summed E-state index contributed by atoms with van der Waals surface area (Å²) in [7, 11) is 0.